The van der Waals surface area contributed by atoms with Crippen LogP contribution in [0.5, 0.6) is 0 Å². The molecular weight excluding hydrogens is 397 g/mol. The highest BCUT2D eigenvalue weighted by atomic mass is 19.3. The van der Waals surface area contributed by atoms with E-state index in [1.165, 1.54) is 30.5 Å². The smallest absolute Gasteiger partial charge is 0.280 e. The standard InChI is InChI=1S/C19H17F3N8/c1-10-7-14(18(21)22)30(27-10)16-8-15(23)26-19-12(5-6-24-16)17(28-29(19)2)13-4-3-11(20)9-25-13/h3-9,18,26H,23H2,1-2H3. The van der Waals surface area contributed by atoms with E-state index in [1.807, 2.05) is 0 Å². The predicted octanol–water partition coefficient (Wildman–Crippen LogP) is 3.64. The first kappa shape index (κ1) is 19.4. The Bertz CT molecular complexity index is 1270. The van der Waals surface area contributed by atoms with E-state index in [1.54, 1.807) is 24.7 Å². The van der Waals surface area contributed by atoms with Gasteiger partial charge in [-0.1, -0.05) is 0 Å². The zero-order chi connectivity index (χ0) is 21.4. The summed E-state index contributed by atoms with van der Waals surface area (Å²) in [5.74, 6) is -0.204. The van der Waals surface area contributed by atoms with Crippen LogP contribution in [0.3, 0.4) is 0 Å². The molecule has 0 aliphatic carbocycles. The maximum atomic E-state index is 13.4. The molecule has 11 heteroatoms. The maximum absolute atomic E-state index is 13.4. The largest absolute Gasteiger partial charge is 0.385 e. The molecule has 0 saturated heterocycles. The lowest BCUT2D eigenvalue weighted by Crippen LogP contribution is -2.04. The second-order valence-electron chi connectivity index (χ2n) is 6.55. The molecule has 3 N–H and O–H groups in total. The topological polar surface area (TPSA) is 103 Å². The molecule has 0 radical (unpaired) electrons. The van der Waals surface area contributed by atoms with Crippen molar-refractivity contribution in [3.63, 3.8) is 0 Å². The Balaban J connectivity index is 1.95. The van der Waals surface area contributed by atoms with Crippen molar-refractivity contribution in [2.45, 2.75) is 13.3 Å². The van der Waals surface area contributed by atoms with Gasteiger partial charge in [0, 0.05) is 24.7 Å². The number of fused-ring (bicyclic) bond motifs is 1. The summed E-state index contributed by atoms with van der Waals surface area (Å²) in [6.07, 6.45) is -0.198. The van der Waals surface area contributed by atoms with E-state index < -0.39 is 12.2 Å². The van der Waals surface area contributed by atoms with E-state index in [-0.39, 0.29) is 17.3 Å². The number of hydrogen-bond donors (Lipinski definition) is 2. The zero-order valence-electron chi connectivity index (χ0n) is 16.0. The molecule has 0 aliphatic heterocycles. The molecule has 4 heterocycles. The Morgan fingerprint density at radius 3 is 2.60 bits per heavy atom. The minimum Gasteiger partial charge on any atom is -0.385 e. The Labute approximate surface area is 168 Å². The number of hydrogen-bond acceptors (Lipinski definition) is 5. The highest BCUT2D eigenvalue weighted by Crippen LogP contribution is 2.25. The zero-order valence-corrected chi connectivity index (χ0v) is 16.0. The predicted molar refractivity (Wildman–Crippen MR) is 105 cm³/mol. The van der Waals surface area contributed by atoms with Crippen LogP contribution in [-0.2, 0) is 7.05 Å². The molecule has 8 nitrogen and oxygen atoms in total. The van der Waals surface area contributed by atoms with Crippen molar-refractivity contribution in [2.75, 3.05) is 5.73 Å². The molecule has 4 aromatic heterocycles. The van der Waals surface area contributed by atoms with Gasteiger partial charge in [-0.2, -0.15) is 10.2 Å². The molecule has 0 atom stereocenters. The monoisotopic (exact) mass is 414 g/mol. The normalized spacial score (nSPS) is 11.3. The Morgan fingerprint density at radius 2 is 1.90 bits per heavy atom. The average Bonchev–Trinajstić information content (AvgIpc) is 3.24. The minimum atomic E-state index is -2.73. The van der Waals surface area contributed by atoms with Gasteiger partial charge in [0.15, 0.2) is 5.82 Å². The summed E-state index contributed by atoms with van der Waals surface area (Å²) < 4.78 is 42.6. The van der Waals surface area contributed by atoms with Crippen LogP contribution in [-0.4, -0.2) is 34.5 Å². The molecule has 0 bridgehead atoms. The number of aryl methyl sites for hydroxylation is 2. The summed E-state index contributed by atoms with van der Waals surface area (Å²) >= 11 is 0. The summed E-state index contributed by atoms with van der Waals surface area (Å²) in [4.78, 5) is 11.3. The van der Waals surface area contributed by atoms with Crippen LogP contribution in [0.2, 0.25) is 0 Å². The lowest BCUT2D eigenvalue weighted by molar-refractivity contribution is 0.142. The number of aromatic nitrogens is 7. The molecule has 30 heavy (non-hydrogen) atoms. The fourth-order valence-corrected chi connectivity index (χ4v) is 3.06. The van der Waals surface area contributed by atoms with Gasteiger partial charge in [-0.25, -0.2) is 22.8 Å². The van der Waals surface area contributed by atoms with Gasteiger partial charge in [0.25, 0.3) is 6.43 Å². The number of aromatic amines is 1. The highest BCUT2D eigenvalue weighted by Gasteiger charge is 2.17. The third-order valence-corrected chi connectivity index (χ3v) is 4.35. The fourth-order valence-electron chi connectivity index (χ4n) is 3.06. The number of pyridine rings is 1. The fraction of sp³-hybridized carbons (Fsp3) is 0.158. The average molecular weight is 414 g/mol. The third-order valence-electron chi connectivity index (χ3n) is 4.35. The van der Waals surface area contributed by atoms with Crippen molar-refractivity contribution in [3.05, 3.63) is 59.9 Å². The lowest BCUT2D eigenvalue weighted by Gasteiger charge is -2.04. The number of H-pyrrole nitrogens is 1. The van der Waals surface area contributed by atoms with Crippen molar-refractivity contribution < 1.29 is 13.2 Å². The van der Waals surface area contributed by atoms with Gasteiger partial charge in [-0.3, -0.25) is 9.67 Å². The first-order valence-corrected chi connectivity index (χ1v) is 8.86. The lowest BCUT2D eigenvalue weighted by atomic mass is 10.2. The maximum Gasteiger partial charge on any atom is 0.280 e. The first-order valence-electron chi connectivity index (χ1n) is 8.86. The van der Waals surface area contributed by atoms with Crippen LogP contribution in [0, 0.1) is 12.7 Å². The van der Waals surface area contributed by atoms with Gasteiger partial charge in [-0.15, -0.1) is 0 Å². The Morgan fingerprint density at radius 1 is 1.10 bits per heavy atom. The van der Waals surface area contributed by atoms with Gasteiger partial charge in [0.05, 0.1) is 17.6 Å². The molecular formula is C19H17F3N8. The molecule has 0 aliphatic rings. The Kier molecular flexibility index (Phi) is 4.86. The number of alkyl halides is 2. The number of nitrogen functional groups attached to an aromatic ring is 1. The molecule has 4 rings (SSSR count). The van der Waals surface area contributed by atoms with E-state index in [9.17, 15) is 13.2 Å². The molecule has 0 saturated carbocycles. The molecule has 4 aromatic rings. The van der Waals surface area contributed by atoms with Gasteiger partial charge < -0.3 is 10.7 Å². The van der Waals surface area contributed by atoms with E-state index in [0.29, 0.717) is 28.1 Å². The molecule has 0 amide bonds. The van der Waals surface area contributed by atoms with Crippen molar-refractivity contribution in [3.8, 4) is 17.2 Å². The molecule has 0 spiro atoms. The first-order chi connectivity index (χ1) is 14.3. The second kappa shape index (κ2) is 7.50. The summed E-state index contributed by atoms with van der Waals surface area (Å²) in [5, 5.41) is 9.13. The summed E-state index contributed by atoms with van der Waals surface area (Å²) in [5.41, 5.74) is 7.68. The van der Waals surface area contributed by atoms with E-state index in [2.05, 4.69) is 25.1 Å². The van der Waals surface area contributed by atoms with Crippen LogP contribution in [0.25, 0.3) is 28.2 Å². The minimum absolute atomic E-state index is 0.113. The van der Waals surface area contributed by atoms with Crippen molar-refractivity contribution in [1.29, 1.82) is 0 Å². The van der Waals surface area contributed by atoms with Gasteiger partial charge in [-0.05, 0) is 31.2 Å². The van der Waals surface area contributed by atoms with E-state index in [0.717, 1.165) is 10.9 Å². The summed E-state index contributed by atoms with van der Waals surface area (Å²) in [7, 11) is 1.70. The second-order valence-corrected chi connectivity index (χ2v) is 6.55. The van der Waals surface area contributed by atoms with Crippen LogP contribution >= 0.6 is 0 Å². The van der Waals surface area contributed by atoms with Crippen LogP contribution in [0.1, 0.15) is 17.8 Å². The molecule has 154 valence electrons. The van der Waals surface area contributed by atoms with Gasteiger partial charge >= 0.3 is 0 Å². The van der Waals surface area contributed by atoms with Crippen LogP contribution in [0.15, 0.2) is 42.7 Å². The number of halogens is 3. The summed E-state index contributed by atoms with van der Waals surface area (Å²) in [6, 6.07) is 7.12. The quantitative estimate of drug-likeness (QED) is 0.533. The Hall–Kier alpha value is -3.89. The van der Waals surface area contributed by atoms with Crippen LogP contribution in [0.4, 0.5) is 19.0 Å². The van der Waals surface area contributed by atoms with Crippen molar-refractivity contribution in [2.24, 2.45) is 7.05 Å². The third kappa shape index (κ3) is 3.56. The molecule has 0 aromatic carbocycles. The van der Waals surface area contributed by atoms with Crippen LogP contribution < -0.4 is 5.73 Å². The number of nitrogens with two attached hydrogens (primary N) is 1. The highest BCUT2D eigenvalue weighted by molar-refractivity contribution is 5.89. The molecule has 0 unspecified atom stereocenters. The van der Waals surface area contributed by atoms with Crippen molar-refractivity contribution >= 4 is 16.9 Å². The van der Waals surface area contributed by atoms with E-state index in [4.69, 9.17) is 5.73 Å². The van der Waals surface area contributed by atoms with Crippen molar-refractivity contribution in [1.82, 2.24) is 34.5 Å². The van der Waals surface area contributed by atoms with E-state index >= 15 is 0 Å². The van der Waals surface area contributed by atoms with Gasteiger partial charge in [0.1, 0.15) is 28.7 Å². The summed E-state index contributed by atoms with van der Waals surface area (Å²) in [6.45, 7) is 1.61. The number of rotatable bonds is 3. The number of nitrogens with one attached hydrogen (secondary N) is 1. The van der Waals surface area contributed by atoms with Gasteiger partial charge in [0.2, 0.25) is 0 Å². The number of anilines is 1. The molecule has 0 fully saturated rings. The SMILES string of the molecule is Cc1cc(C(F)F)n(-c2cc(N)[nH]c3c(ccn2)c(-c2ccc(F)cn2)nn3C)n1. The number of nitrogens with zero attached hydrogens (tertiary/aromatic N) is 6.